The Morgan fingerprint density at radius 2 is 1.88 bits per heavy atom. The molecule has 0 radical (unpaired) electrons. The maximum absolute atomic E-state index is 12.5. The van der Waals surface area contributed by atoms with Gasteiger partial charge in [-0.3, -0.25) is 14.5 Å². The highest BCUT2D eigenvalue weighted by Gasteiger charge is 2.21. The summed E-state index contributed by atoms with van der Waals surface area (Å²) in [6, 6.07) is 9.75. The van der Waals surface area contributed by atoms with Gasteiger partial charge in [-0.2, -0.15) is 11.3 Å². The number of thiazole rings is 1. The average molecular weight is 485 g/mol. The van der Waals surface area contributed by atoms with Gasteiger partial charge in [0, 0.05) is 67.6 Å². The minimum Gasteiger partial charge on any atom is -0.497 e. The first-order valence-corrected chi connectivity index (χ1v) is 12.8. The van der Waals surface area contributed by atoms with Crippen molar-refractivity contribution in [2.24, 2.45) is 0 Å². The third-order valence-electron chi connectivity index (χ3n) is 5.64. The molecule has 0 aliphatic carbocycles. The number of piperazine rings is 1. The fraction of sp³-hybridized carbons (Fsp3) is 0.375. The standard InChI is InChI=1S/C24H28N4O3S2/c1-31-21-6-4-18(5-7-21)24-26-20(17-33-24)15-27-10-12-28(13-11-27)22(29)3-2-9-25-23(30)19-8-14-32-16-19/h4-8,14,16-17H,2-3,9-13,15H2,1H3,(H,25,30). The summed E-state index contributed by atoms with van der Waals surface area (Å²) >= 11 is 3.15. The number of thiophene rings is 1. The zero-order valence-corrected chi connectivity index (χ0v) is 20.3. The first-order valence-electron chi connectivity index (χ1n) is 11.0. The van der Waals surface area contributed by atoms with Gasteiger partial charge in [0.05, 0.1) is 12.8 Å². The lowest BCUT2D eigenvalue weighted by molar-refractivity contribution is -0.133. The fourth-order valence-corrected chi connectivity index (χ4v) is 5.18. The quantitative estimate of drug-likeness (QED) is 0.469. The molecule has 0 bridgehead atoms. The SMILES string of the molecule is COc1ccc(-c2nc(CN3CCN(C(=O)CCCNC(=O)c4ccsc4)CC3)cs2)cc1. The Hall–Kier alpha value is -2.75. The summed E-state index contributed by atoms with van der Waals surface area (Å²) in [5, 5.41) is 9.70. The smallest absolute Gasteiger partial charge is 0.252 e. The van der Waals surface area contributed by atoms with Crippen molar-refractivity contribution in [2.45, 2.75) is 19.4 Å². The van der Waals surface area contributed by atoms with Crippen LogP contribution in [0.3, 0.4) is 0 Å². The second kappa shape index (κ2) is 11.4. The van der Waals surface area contributed by atoms with Crippen LogP contribution in [0.5, 0.6) is 5.75 Å². The number of hydrogen-bond acceptors (Lipinski definition) is 7. The minimum absolute atomic E-state index is 0.0745. The predicted octanol–water partition coefficient (Wildman–Crippen LogP) is 3.73. The normalized spacial score (nSPS) is 14.3. The number of methoxy groups -OCH3 is 1. The van der Waals surface area contributed by atoms with Gasteiger partial charge in [0.15, 0.2) is 0 Å². The molecule has 1 saturated heterocycles. The summed E-state index contributed by atoms with van der Waals surface area (Å²) in [6.07, 6.45) is 1.11. The molecule has 1 fully saturated rings. The molecule has 1 aromatic carbocycles. The van der Waals surface area contributed by atoms with E-state index in [9.17, 15) is 9.59 Å². The Morgan fingerprint density at radius 1 is 1.09 bits per heavy atom. The number of ether oxygens (including phenoxy) is 1. The van der Waals surface area contributed by atoms with Crippen molar-refractivity contribution in [1.29, 1.82) is 0 Å². The lowest BCUT2D eigenvalue weighted by Crippen LogP contribution is -2.48. The molecule has 3 aromatic rings. The second-order valence-electron chi connectivity index (χ2n) is 7.90. The van der Waals surface area contributed by atoms with E-state index >= 15 is 0 Å². The van der Waals surface area contributed by atoms with Gasteiger partial charge in [0.2, 0.25) is 5.91 Å². The molecule has 9 heteroatoms. The number of nitrogens with one attached hydrogen (secondary N) is 1. The molecule has 7 nitrogen and oxygen atoms in total. The highest BCUT2D eigenvalue weighted by Crippen LogP contribution is 2.26. The number of rotatable bonds is 9. The van der Waals surface area contributed by atoms with Crippen molar-refractivity contribution in [3.8, 4) is 16.3 Å². The van der Waals surface area contributed by atoms with E-state index in [1.807, 2.05) is 39.9 Å². The summed E-state index contributed by atoms with van der Waals surface area (Å²) in [5.41, 5.74) is 2.83. The predicted molar refractivity (Wildman–Crippen MR) is 132 cm³/mol. The molecule has 0 spiro atoms. The highest BCUT2D eigenvalue weighted by atomic mass is 32.1. The lowest BCUT2D eigenvalue weighted by atomic mass is 10.2. The summed E-state index contributed by atoms with van der Waals surface area (Å²) in [6.45, 7) is 4.46. The van der Waals surface area contributed by atoms with Crippen molar-refractivity contribution in [3.63, 3.8) is 0 Å². The minimum atomic E-state index is -0.0745. The van der Waals surface area contributed by atoms with Gasteiger partial charge in [-0.1, -0.05) is 0 Å². The van der Waals surface area contributed by atoms with E-state index in [1.54, 1.807) is 24.5 Å². The van der Waals surface area contributed by atoms with Crippen LogP contribution in [0.1, 0.15) is 28.9 Å². The average Bonchev–Trinajstić information content (AvgIpc) is 3.55. The Morgan fingerprint density at radius 3 is 2.58 bits per heavy atom. The van der Waals surface area contributed by atoms with Gasteiger partial charge in [0.1, 0.15) is 10.8 Å². The second-order valence-corrected chi connectivity index (χ2v) is 9.54. The van der Waals surface area contributed by atoms with Gasteiger partial charge >= 0.3 is 0 Å². The Bertz CT molecular complexity index is 1040. The molecule has 1 aliphatic heterocycles. The Balaban J connectivity index is 1.16. The first kappa shape index (κ1) is 23.4. The Kier molecular flexibility index (Phi) is 8.09. The van der Waals surface area contributed by atoms with E-state index in [2.05, 4.69) is 15.6 Å². The van der Waals surface area contributed by atoms with Gasteiger partial charge in [-0.05, 0) is 42.1 Å². The summed E-state index contributed by atoms with van der Waals surface area (Å²) in [4.78, 5) is 33.5. The van der Waals surface area contributed by atoms with Crippen molar-refractivity contribution in [1.82, 2.24) is 20.1 Å². The molecule has 2 aromatic heterocycles. The number of aromatic nitrogens is 1. The van der Waals surface area contributed by atoms with Gasteiger partial charge in [-0.15, -0.1) is 11.3 Å². The molecule has 2 amide bonds. The van der Waals surface area contributed by atoms with Crippen LogP contribution in [0.4, 0.5) is 0 Å². The third-order valence-corrected chi connectivity index (χ3v) is 7.26. The molecule has 0 atom stereocenters. The lowest BCUT2D eigenvalue weighted by Gasteiger charge is -2.34. The number of nitrogens with zero attached hydrogens (tertiary/aromatic N) is 3. The van der Waals surface area contributed by atoms with Crippen molar-refractivity contribution in [2.75, 3.05) is 39.8 Å². The molecule has 33 heavy (non-hydrogen) atoms. The monoisotopic (exact) mass is 484 g/mol. The number of hydrogen-bond donors (Lipinski definition) is 1. The molecule has 174 valence electrons. The van der Waals surface area contributed by atoms with Gasteiger partial charge < -0.3 is 15.0 Å². The number of amides is 2. The molecular formula is C24H28N4O3S2. The third kappa shape index (κ3) is 6.40. The van der Waals surface area contributed by atoms with Crippen LogP contribution in [0.25, 0.3) is 10.6 Å². The highest BCUT2D eigenvalue weighted by molar-refractivity contribution is 7.13. The largest absolute Gasteiger partial charge is 0.497 e. The molecule has 0 saturated carbocycles. The van der Waals surface area contributed by atoms with Crippen LogP contribution in [-0.4, -0.2) is 66.4 Å². The number of carbonyl (C=O) groups excluding carboxylic acids is 2. The van der Waals surface area contributed by atoms with Crippen LogP contribution >= 0.6 is 22.7 Å². The molecular weight excluding hydrogens is 456 g/mol. The molecule has 1 aliphatic rings. The zero-order valence-electron chi connectivity index (χ0n) is 18.7. The van der Waals surface area contributed by atoms with Crippen LogP contribution < -0.4 is 10.1 Å². The number of carbonyl (C=O) groups is 2. The molecule has 4 rings (SSSR count). The zero-order chi connectivity index (χ0) is 23.0. The van der Waals surface area contributed by atoms with Crippen LogP contribution in [0, 0.1) is 0 Å². The van der Waals surface area contributed by atoms with E-state index in [4.69, 9.17) is 9.72 Å². The van der Waals surface area contributed by atoms with Crippen molar-refractivity contribution >= 4 is 34.5 Å². The molecule has 1 N–H and O–H groups in total. The van der Waals surface area contributed by atoms with Crippen LogP contribution in [0.2, 0.25) is 0 Å². The van der Waals surface area contributed by atoms with Crippen LogP contribution in [0.15, 0.2) is 46.5 Å². The summed E-state index contributed by atoms with van der Waals surface area (Å²) in [5.74, 6) is 0.926. The van der Waals surface area contributed by atoms with Crippen molar-refractivity contribution < 1.29 is 14.3 Å². The topological polar surface area (TPSA) is 74.8 Å². The Labute approximate surface area is 202 Å². The van der Waals surface area contributed by atoms with E-state index in [1.165, 1.54) is 11.3 Å². The first-order chi connectivity index (χ1) is 16.1. The van der Waals surface area contributed by atoms with E-state index in [-0.39, 0.29) is 11.8 Å². The molecule has 0 unspecified atom stereocenters. The van der Waals surface area contributed by atoms with E-state index in [0.29, 0.717) is 24.9 Å². The maximum Gasteiger partial charge on any atom is 0.252 e. The summed E-state index contributed by atoms with van der Waals surface area (Å²) in [7, 11) is 1.66. The fourth-order valence-electron chi connectivity index (χ4n) is 3.73. The summed E-state index contributed by atoms with van der Waals surface area (Å²) < 4.78 is 5.22. The van der Waals surface area contributed by atoms with Crippen molar-refractivity contribution in [3.05, 3.63) is 57.7 Å². The van der Waals surface area contributed by atoms with E-state index in [0.717, 1.165) is 54.7 Å². The van der Waals surface area contributed by atoms with E-state index < -0.39 is 0 Å². The van der Waals surface area contributed by atoms with Gasteiger partial charge in [-0.25, -0.2) is 4.98 Å². The number of benzene rings is 1. The van der Waals surface area contributed by atoms with Crippen LogP contribution in [-0.2, 0) is 11.3 Å². The molecule has 3 heterocycles. The maximum atomic E-state index is 12.5. The van der Waals surface area contributed by atoms with Gasteiger partial charge in [0.25, 0.3) is 5.91 Å².